The first-order chi connectivity index (χ1) is 7.63. The molecule has 0 aliphatic rings. The number of hydrogen-bond donors (Lipinski definition) is 1. The third-order valence-corrected chi connectivity index (χ3v) is 2.03. The van der Waals surface area contributed by atoms with E-state index in [4.69, 9.17) is 4.74 Å². The van der Waals surface area contributed by atoms with Crippen LogP contribution in [0, 0.1) is 5.82 Å². The third kappa shape index (κ3) is 3.98. The molecule has 0 radical (unpaired) electrons. The van der Waals surface area contributed by atoms with E-state index in [1.165, 1.54) is 6.07 Å². The Kier molecular flexibility index (Phi) is 4.92. The second-order valence-electron chi connectivity index (χ2n) is 3.70. The lowest BCUT2D eigenvalue weighted by Gasteiger charge is -2.10. The van der Waals surface area contributed by atoms with Crippen molar-refractivity contribution in [3.8, 4) is 5.88 Å². The van der Waals surface area contributed by atoms with Gasteiger partial charge in [-0.3, -0.25) is 0 Å². The molecule has 3 nitrogen and oxygen atoms in total. The van der Waals surface area contributed by atoms with Gasteiger partial charge in [0.05, 0.1) is 12.8 Å². The number of nitrogens with zero attached hydrogens (tertiary/aromatic N) is 1. The minimum atomic E-state index is -0.350. The van der Waals surface area contributed by atoms with E-state index in [2.05, 4.69) is 16.9 Å². The molecule has 0 aromatic carbocycles. The molecular formula is C12H17FN2O. The maximum absolute atomic E-state index is 13.0. The van der Waals surface area contributed by atoms with Crippen molar-refractivity contribution < 1.29 is 9.13 Å². The summed E-state index contributed by atoms with van der Waals surface area (Å²) < 4.78 is 18.4. The summed E-state index contributed by atoms with van der Waals surface area (Å²) in [6, 6.07) is 1.43. The summed E-state index contributed by atoms with van der Waals surface area (Å²) in [6.07, 6.45) is 1.94. The molecule has 0 spiro atoms. The molecular weight excluding hydrogens is 207 g/mol. The molecule has 0 atom stereocenters. The zero-order chi connectivity index (χ0) is 12.0. The normalized spacial score (nSPS) is 10.2. The lowest BCUT2D eigenvalue weighted by Crippen LogP contribution is -2.10. The van der Waals surface area contributed by atoms with Crippen LogP contribution in [-0.4, -0.2) is 18.6 Å². The van der Waals surface area contributed by atoms with Crippen molar-refractivity contribution in [1.29, 1.82) is 0 Å². The topological polar surface area (TPSA) is 34.1 Å². The van der Waals surface area contributed by atoms with E-state index in [1.807, 2.05) is 6.92 Å². The minimum Gasteiger partial charge on any atom is -0.477 e. The zero-order valence-corrected chi connectivity index (χ0v) is 9.72. The highest BCUT2D eigenvalue weighted by Crippen LogP contribution is 2.16. The molecule has 88 valence electrons. The van der Waals surface area contributed by atoms with Crippen molar-refractivity contribution >= 4 is 0 Å². The Morgan fingerprint density at radius 1 is 1.62 bits per heavy atom. The van der Waals surface area contributed by atoms with Gasteiger partial charge in [-0.15, -0.1) is 6.58 Å². The van der Waals surface area contributed by atoms with E-state index in [0.29, 0.717) is 19.0 Å². The molecule has 0 aliphatic carbocycles. The van der Waals surface area contributed by atoms with Crippen molar-refractivity contribution in [3.63, 3.8) is 0 Å². The molecule has 0 amide bonds. The first-order valence-corrected chi connectivity index (χ1v) is 5.19. The van der Waals surface area contributed by atoms with Gasteiger partial charge in [0, 0.05) is 18.5 Å². The zero-order valence-electron chi connectivity index (χ0n) is 9.72. The van der Waals surface area contributed by atoms with Crippen LogP contribution in [0.15, 0.2) is 24.4 Å². The van der Waals surface area contributed by atoms with E-state index in [9.17, 15) is 4.39 Å². The number of ether oxygens (including phenoxy) is 1. The Hall–Kier alpha value is -1.42. The van der Waals surface area contributed by atoms with Crippen molar-refractivity contribution in [1.82, 2.24) is 10.3 Å². The fourth-order valence-electron chi connectivity index (χ4n) is 1.24. The van der Waals surface area contributed by atoms with Gasteiger partial charge in [-0.05, 0) is 20.0 Å². The molecule has 4 heteroatoms. The number of rotatable bonds is 6. The smallest absolute Gasteiger partial charge is 0.218 e. The van der Waals surface area contributed by atoms with E-state index in [0.717, 1.165) is 23.8 Å². The first-order valence-electron chi connectivity index (χ1n) is 5.19. The summed E-state index contributed by atoms with van der Waals surface area (Å²) in [7, 11) is 1.79. The minimum absolute atomic E-state index is 0.350. The molecule has 16 heavy (non-hydrogen) atoms. The predicted octanol–water partition coefficient (Wildman–Crippen LogP) is 2.29. The molecule has 0 unspecified atom stereocenters. The van der Waals surface area contributed by atoms with E-state index < -0.39 is 0 Å². The van der Waals surface area contributed by atoms with Gasteiger partial charge in [0.15, 0.2) is 0 Å². The van der Waals surface area contributed by atoms with Crippen LogP contribution in [0.2, 0.25) is 0 Å². The summed E-state index contributed by atoms with van der Waals surface area (Å²) in [6.45, 7) is 6.78. The molecule has 1 heterocycles. The highest BCUT2D eigenvalue weighted by Gasteiger charge is 2.06. The molecule has 0 fully saturated rings. The van der Waals surface area contributed by atoms with Gasteiger partial charge in [0.2, 0.25) is 5.88 Å². The SMILES string of the molecule is C=C(C)CCOc1ncc(F)cc1CNC. The van der Waals surface area contributed by atoms with Crippen LogP contribution in [0.3, 0.4) is 0 Å². The monoisotopic (exact) mass is 224 g/mol. The molecule has 0 aliphatic heterocycles. The van der Waals surface area contributed by atoms with Gasteiger partial charge in [-0.1, -0.05) is 5.57 Å². The number of nitrogens with one attached hydrogen (secondary N) is 1. The van der Waals surface area contributed by atoms with E-state index >= 15 is 0 Å². The predicted molar refractivity (Wildman–Crippen MR) is 61.9 cm³/mol. The van der Waals surface area contributed by atoms with Gasteiger partial charge in [-0.25, -0.2) is 9.37 Å². The number of pyridine rings is 1. The Morgan fingerprint density at radius 2 is 2.38 bits per heavy atom. The summed E-state index contributed by atoms with van der Waals surface area (Å²) in [4.78, 5) is 3.93. The second kappa shape index (κ2) is 6.23. The highest BCUT2D eigenvalue weighted by molar-refractivity contribution is 5.26. The summed E-state index contributed by atoms with van der Waals surface area (Å²) in [5.74, 6) is 0.134. The van der Waals surface area contributed by atoms with E-state index in [1.54, 1.807) is 7.05 Å². The average molecular weight is 224 g/mol. The second-order valence-corrected chi connectivity index (χ2v) is 3.70. The molecule has 0 saturated carbocycles. The first kappa shape index (κ1) is 12.6. The standard InChI is InChI=1S/C12H17FN2O/c1-9(2)4-5-16-12-10(7-14-3)6-11(13)8-15-12/h6,8,14H,1,4-5,7H2,2-3H3. The Labute approximate surface area is 95.3 Å². The Morgan fingerprint density at radius 3 is 3.00 bits per heavy atom. The van der Waals surface area contributed by atoms with Crippen molar-refractivity contribution in [2.24, 2.45) is 0 Å². The molecule has 0 bridgehead atoms. The van der Waals surface area contributed by atoms with Crippen molar-refractivity contribution in [2.75, 3.05) is 13.7 Å². The van der Waals surface area contributed by atoms with Crippen LogP contribution in [0.1, 0.15) is 18.9 Å². The van der Waals surface area contributed by atoms with Gasteiger partial charge in [0.1, 0.15) is 5.82 Å². The van der Waals surface area contributed by atoms with Gasteiger partial charge < -0.3 is 10.1 Å². The molecule has 1 aromatic rings. The highest BCUT2D eigenvalue weighted by atomic mass is 19.1. The lowest BCUT2D eigenvalue weighted by molar-refractivity contribution is 0.304. The van der Waals surface area contributed by atoms with E-state index in [-0.39, 0.29) is 5.82 Å². The molecule has 0 saturated heterocycles. The molecule has 1 rings (SSSR count). The fourth-order valence-corrected chi connectivity index (χ4v) is 1.24. The summed E-state index contributed by atoms with van der Waals surface area (Å²) >= 11 is 0. The van der Waals surface area contributed by atoms with Crippen LogP contribution < -0.4 is 10.1 Å². The Bertz CT molecular complexity index is 366. The van der Waals surface area contributed by atoms with Crippen LogP contribution >= 0.6 is 0 Å². The number of hydrogen-bond acceptors (Lipinski definition) is 3. The van der Waals surface area contributed by atoms with Crippen molar-refractivity contribution in [3.05, 3.63) is 35.8 Å². The van der Waals surface area contributed by atoms with Gasteiger partial charge in [-0.2, -0.15) is 0 Å². The fraction of sp³-hybridized carbons (Fsp3) is 0.417. The lowest BCUT2D eigenvalue weighted by atomic mass is 10.2. The quantitative estimate of drug-likeness (QED) is 0.753. The molecule has 1 N–H and O–H groups in total. The number of aromatic nitrogens is 1. The van der Waals surface area contributed by atoms with Crippen LogP contribution in [0.4, 0.5) is 4.39 Å². The Balaban J connectivity index is 2.66. The van der Waals surface area contributed by atoms with Crippen LogP contribution in [0.25, 0.3) is 0 Å². The van der Waals surface area contributed by atoms with Crippen molar-refractivity contribution in [2.45, 2.75) is 19.9 Å². The van der Waals surface area contributed by atoms with Gasteiger partial charge in [0.25, 0.3) is 0 Å². The summed E-state index contributed by atoms with van der Waals surface area (Å²) in [5.41, 5.74) is 1.78. The largest absolute Gasteiger partial charge is 0.477 e. The van der Waals surface area contributed by atoms with Crippen LogP contribution in [-0.2, 0) is 6.54 Å². The van der Waals surface area contributed by atoms with Gasteiger partial charge >= 0.3 is 0 Å². The average Bonchev–Trinajstić information content (AvgIpc) is 2.21. The maximum Gasteiger partial charge on any atom is 0.218 e. The summed E-state index contributed by atoms with van der Waals surface area (Å²) in [5, 5.41) is 2.95. The molecule has 1 aromatic heterocycles. The number of halogens is 1. The third-order valence-electron chi connectivity index (χ3n) is 2.03. The maximum atomic E-state index is 13.0. The van der Waals surface area contributed by atoms with Crippen LogP contribution in [0.5, 0.6) is 5.88 Å².